The maximum Gasteiger partial charge on any atom is 0.222 e. The minimum absolute atomic E-state index is 0.452. The molecule has 0 aromatic heterocycles. The standard InChI is InChI=1S/C21H36N2O/c1-22(2)21(18-5-3-4-6-18)11-9-20(10-12-21)13-14-23(16-20)19(24)15-17-7-8-17/h17-18H,3-16H2,1-2H3. The highest BCUT2D eigenvalue weighted by molar-refractivity contribution is 5.77. The normalized spacial score (nSPS) is 37.7. The van der Waals surface area contributed by atoms with Gasteiger partial charge in [0.25, 0.3) is 0 Å². The molecule has 3 saturated carbocycles. The van der Waals surface area contributed by atoms with E-state index in [-0.39, 0.29) is 0 Å². The van der Waals surface area contributed by atoms with Gasteiger partial charge in [0.05, 0.1) is 0 Å². The highest BCUT2D eigenvalue weighted by Gasteiger charge is 2.50. The number of carbonyl (C=O) groups is 1. The molecule has 4 aliphatic rings. The lowest BCUT2D eigenvalue weighted by molar-refractivity contribution is -0.131. The molecular weight excluding hydrogens is 296 g/mol. The lowest BCUT2D eigenvalue weighted by Gasteiger charge is -2.52. The quantitative estimate of drug-likeness (QED) is 0.775. The van der Waals surface area contributed by atoms with Gasteiger partial charge < -0.3 is 9.80 Å². The fourth-order valence-electron chi connectivity index (χ4n) is 6.15. The van der Waals surface area contributed by atoms with Crippen molar-refractivity contribution in [1.82, 2.24) is 9.80 Å². The van der Waals surface area contributed by atoms with Crippen LogP contribution in [-0.2, 0) is 4.79 Å². The van der Waals surface area contributed by atoms with Crippen molar-refractivity contribution in [2.45, 2.75) is 82.6 Å². The number of rotatable bonds is 4. The van der Waals surface area contributed by atoms with Gasteiger partial charge in [0, 0.05) is 25.0 Å². The third kappa shape index (κ3) is 3.02. The average molecular weight is 333 g/mol. The zero-order valence-electron chi connectivity index (χ0n) is 15.9. The van der Waals surface area contributed by atoms with E-state index < -0.39 is 0 Å². The van der Waals surface area contributed by atoms with Gasteiger partial charge in [-0.3, -0.25) is 4.79 Å². The molecule has 4 rings (SSSR count). The number of likely N-dealkylation sites (tertiary alicyclic amines) is 1. The van der Waals surface area contributed by atoms with E-state index in [9.17, 15) is 4.79 Å². The summed E-state index contributed by atoms with van der Waals surface area (Å²) in [6.45, 7) is 2.09. The molecule has 4 fully saturated rings. The maximum atomic E-state index is 12.5. The summed E-state index contributed by atoms with van der Waals surface area (Å²) in [5.74, 6) is 2.10. The third-order valence-corrected chi connectivity index (χ3v) is 8.13. The molecular formula is C21H36N2O. The van der Waals surface area contributed by atoms with Crippen LogP contribution < -0.4 is 0 Å². The van der Waals surface area contributed by atoms with E-state index in [0.717, 1.165) is 31.3 Å². The van der Waals surface area contributed by atoms with Gasteiger partial charge in [-0.2, -0.15) is 0 Å². The Bertz CT molecular complexity index is 468. The first-order valence-electron chi connectivity index (χ1n) is 10.5. The number of hydrogen-bond donors (Lipinski definition) is 0. The molecule has 1 amide bonds. The Kier molecular flexibility index (Phi) is 4.43. The summed E-state index contributed by atoms with van der Waals surface area (Å²) < 4.78 is 0. The van der Waals surface area contributed by atoms with Crippen molar-refractivity contribution in [2.75, 3.05) is 27.2 Å². The van der Waals surface area contributed by atoms with E-state index in [1.54, 1.807) is 0 Å². The average Bonchev–Trinajstić information content (AvgIpc) is 3.06. The Morgan fingerprint density at radius 1 is 1.00 bits per heavy atom. The summed E-state index contributed by atoms with van der Waals surface area (Å²) in [6.07, 6.45) is 15.8. The van der Waals surface area contributed by atoms with E-state index >= 15 is 0 Å². The molecule has 0 aromatic carbocycles. The largest absolute Gasteiger partial charge is 0.342 e. The summed E-state index contributed by atoms with van der Waals surface area (Å²) in [7, 11) is 4.63. The van der Waals surface area contributed by atoms with Crippen molar-refractivity contribution in [3.05, 3.63) is 0 Å². The first-order valence-corrected chi connectivity index (χ1v) is 10.5. The smallest absolute Gasteiger partial charge is 0.222 e. The van der Waals surface area contributed by atoms with Gasteiger partial charge >= 0.3 is 0 Å². The molecule has 136 valence electrons. The van der Waals surface area contributed by atoms with E-state index in [0.29, 0.717) is 16.9 Å². The Balaban J connectivity index is 1.38. The second kappa shape index (κ2) is 6.30. The number of amides is 1. The summed E-state index contributed by atoms with van der Waals surface area (Å²) in [6, 6.07) is 0. The van der Waals surface area contributed by atoms with E-state index in [4.69, 9.17) is 0 Å². The lowest BCUT2D eigenvalue weighted by atomic mass is 9.62. The molecule has 0 N–H and O–H groups in total. The molecule has 0 aromatic rings. The zero-order chi connectivity index (χ0) is 16.8. The Hall–Kier alpha value is -0.570. The Labute approximate surface area is 148 Å². The predicted octanol–water partition coefficient (Wildman–Crippen LogP) is 4.07. The highest BCUT2D eigenvalue weighted by atomic mass is 16.2. The van der Waals surface area contributed by atoms with Crippen LogP contribution in [0.3, 0.4) is 0 Å². The lowest BCUT2D eigenvalue weighted by Crippen LogP contribution is -2.54. The number of hydrogen-bond acceptors (Lipinski definition) is 2. The minimum Gasteiger partial charge on any atom is -0.342 e. The second-order valence-corrected chi connectivity index (χ2v) is 9.69. The minimum atomic E-state index is 0.452. The molecule has 1 spiro atoms. The van der Waals surface area contributed by atoms with Crippen LogP contribution in [0.1, 0.15) is 77.0 Å². The number of nitrogens with zero attached hydrogens (tertiary/aromatic N) is 2. The van der Waals surface area contributed by atoms with Crippen molar-refractivity contribution in [1.29, 1.82) is 0 Å². The van der Waals surface area contributed by atoms with Gasteiger partial charge in [0.2, 0.25) is 5.91 Å². The van der Waals surface area contributed by atoms with Crippen molar-refractivity contribution >= 4 is 5.91 Å². The molecule has 0 atom stereocenters. The first-order chi connectivity index (χ1) is 11.5. The van der Waals surface area contributed by atoms with Crippen molar-refractivity contribution < 1.29 is 4.79 Å². The van der Waals surface area contributed by atoms with Gasteiger partial charge in [-0.05, 0) is 89.1 Å². The van der Waals surface area contributed by atoms with Crippen molar-refractivity contribution in [3.63, 3.8) is 0 Å². The summed E-state index contributed by atoms with van der Waals surface area (Å²) in [5.41, 5.74) is 0.907. The van der Waals surface area contributed by atoms with Crippen LogP contribution in [-0.4, -0.2) is 48.4 Å². The first kappa shape index (κ1) is 16.9. The van der Waals surface area contributed by atoms with Crippen LogP contribution in [0, 0.1) is 17.3 Å². The van der Waals surface area contributed by atoms with Gasteiger partial charge in [0.15, 0.2) is 0 Å². The van der Waals surface area contributed by atoms with Crippen LogP contribution in [0.2, 0.25) is 0 Å². The molecule has 1 heterocycles. The Morgan fingerprint density at radius 2 is 1.67 bits per heavy atom. The molecule has 3 heteroatoms. The van der Waals surface area contributed by atoms with Gasteiger partial charge in [-0.15, -0.1) is 0 Å². The molecule has 3 aliphatic carbocycles. The molecule has 3 nitrogen and oxygen atoms in total. The SMILES string of the molecule is CN(C)C1(C2CCCC2)CCC2(CCN(C(=O)CC3CC3)C2)CC1. The van der Waals surface area contributed by atoms with E-state index in [2.05, 4.69) is 23.9 Å². The molecule has 1 saturated heterocycles. The zero-order valence-corrected chi connectivity index (χ0v) is 15.9. The summed E-state index contributed by atoms with van der Waals surface area (Å²) in [5, 5.41) is 0. The molecule has 1 aliphatic heterocycles. The molecule has 24 heavy (non-hydrogen) atoms. The molecule has 0 unspecified atom stereocenters. The fourth-order valence-corrected chi connectivity index (χ4v) is 6.15. The topological polar surface area (TPSA) is 23.6 Å². The van der Waals surface area contributed by atoms with Gasteiger partial charge in [0.1, 0.15) is 0 Å². The highest BCUT2D eigenvalue weighted by Crippen LogP contribution is 2.53. The Morgan fingerprint density at radius 3 is 2.25 bits per heavy atom. The van der Waals surface area contributed by atoms with Crippen molar-refractivity contribution in [3.8, 4) is 0 Å². The van der Waals surface area contributed by atoms with Gasteiger partial charge in [-0.1, -0.05) is 12.8 Å². The second-order valence-electron chi connectivity index (χ2n) is 9.69. The summed E-state index contributed by atoms with van der Waals surface area (Å²) >= 11 is 0. The fraction of sp³-hybridized carbons (Fsp3) is 0.952. The van der Waals surface area contributed by atoms with Crippen LogP contribution in [0.5, 0.6) is 0 Å². The molecule has 0 radical (unpaired) electrons. The van der Waals surface area contributed by atoms with E-state index in [1.165, 1.54) is 70.6 Å². The summed E-state index contributed by atoms with van der Waals surface area (Å²) in [4.78, 5) is 17.3. The van der Waals surface area contributed by atoms with Crippen LogP contribution >= 0.6 is 0 Å². The monoisotopic (exact) mass is 332 g/mol. The maximum absolute atomic E-state index is 12.5. The van der Waals surface area contributed by atoms with E-state index in [1.807, 2.05) is 0 Å². The predicted molar refractivity (Wildman–Crippen MR) is 97.8 cm³/mol. The molecule has 0 bridgehead atoms. The van der Waals surface area contributed by atoms with Crippen molar-refractivity contribution in [2.24, 2.45) is 17.3 Å². The number of carbonyl (C=O) groups excluding carboxylic acids is 1. The van der Waals surface area contributed by atoms with Crippen LogP contribution in [0.15, 0.2) is 0 Å². The van der Waals surface area contributed by atoms with Crippen LogP contribution in [0.25, 0.3) is 0 Å². The third-order valence-electron chi connectivity index (χ3n) is 8.13. The van der Waals surface area contributed by atoms with Gasteiger partial charge in [-0.25, -0.2) is 0 Å². The van der Waals surface area contributed by atoms with Crippen LogP contribution in [0.4, 0.5) is 0 Å².